The van der Waals surface area contributed by atoms with E-state index in [2.05, 4.69) is 10.5 Å². The van der Waals surface area contributed by atoms with E-state index in [0.717, 1.165) is 5.56 Å². The monoisotopic (exact) mass is 338 g/mol. The van der Waals surface area contributed by atoms with Gasteiger partial charge in [0, 0.05) is 17.6 Å². The Morgan fingerprint density at radius 3 is 2.78 bits per heavy atom. The van der Waals surface area contributed by atoms with Gasteiger partial charge in [-0.1, -0.05) is 29.8 Å². The van der Waals surface area contributed by atoms with Crippen LogP contribution in [0.4, 0.5) is 0 Å². The van der Waals surface area contributed by atoms with Crippen molar-refractivity contribution < 1.29 is 23.6 Å². The highest BCUT2D eigenvalue weighted by molar-refractivity contribution is 6.31. The fourth-order valence-corrected chi connectivity index (χ4v) is 1.82. The van der Waals surface area contributed by atoms with Crippen molar-refractivity contribution in [2.45, 2.75) is 13.5 Å². The third-order valence-electron chi connectivity index (χ3n) is 2.74. The number of amides is 1. The van der Waals surface area contributed by atoms with Crippen molar-refractivity contribution in [2.75, 3.05) is 13.2 Å². The molecule has 0 aliphatic rings. The summed E-state index contributed by atoms with van der Waals surface area (Å²) >= 11 is 5.97. The van der Waals surface area contributed by atoms with Gasteiger partial charge in [0.05, 0.1) is 0 Å². The second-order valence-electron chi connectivity index (χ2n) is 4.59. The van der Waals surface area contributed by atoms with E-state index in [1.165, 1.54) is 6.07 Å². The number of nitrogens with zero attached hydrogens (tertiary/aromatic N) is 1. The van der Waals surface area contributed by atoms with Gasteiger partial charge in [0.2, 0.25) is 0 Å². The molecule has 122 valence electrons. The van der Waals surface area contributed by atoms with Crippen LogP contribution < -0.4 is 10.1 Å². The van der Waals surface area contributed by atoms with Crippen LogP contribution in [-0.2, 0) is 20.9 Å². The summed E-state index contributed by atoms with van der Waals surface area (Å²) in [6.45, 7) is 1.19. The first-order valence-corrected chi connectivity index (χ1v) is 7.14. The second kappa shape index (κ2) is 8.19. The molecule has 0 fully saturated rings. The maximum atomic E-state index is 11.6. The highest BCUT2D eigenvalue weighted by atomic mass is 35.5. The summed E-state index contributed by atoms with van der Waals surface area (Å²) in [7, 11) is 0. The number of carbonyl (C=O) groups is 2. The van der Waals surface area contributed by atoms with Crippen LogP contribution in [0.5, 0.6) is 5.88 Å². The van der Waals surface area contributed by atoms with E-state index in [-0.39, 0.29) is 19.0 Å². The minimum Gasteiger partial charge on any atom is -0.463 e. The summed E-state index contributed by atoms with van der Waals surface area (Å²) in [5.41, 5.74) is 0.776. The lowest BCUT2D eigenvalue weighted by atomic mass is 10.2. The summed E-state index contributed by atoms with van der Waals surface area (Å²) in [6, 6.07) is 8.67. The first kappa shape index (κ1) is 16.8. The fraction of sp³-hybridized carbons (Fsp3) is 0.267. The smallest absolute Gasteiger partial charge is 0.344 e. The van der Waals surface area contributed by atoms with Crippen molar-refractivity contribution in [3.05, 3.63) is 46.7 Å². The zero-order chi connectivity index (χ0) is 16.7. The van der Waals surface area contributed by atoms with Crippen LogP contribution in [0.3, 0.4) is 0 Å². The van der Waals surface area contributed by atoms with Gasteiger partial charge in [0.15, 0.2) is 13.2 Å². The topological polar surface area (TPSA) is 90.7 Å². The second-order valence-corrected chi connectivity index (χ2v) is 5.00. The van der Waals surface area contributed by atoms with Crippen molar-refractivity contribution in [2.24, 2.45) is 0 Å². The highest BCUT2D eigenvalue weighted by Crippen LogP contribution is 2.14. The average Bonchev–Trinajstić information content (AvgIpc) is 2.95. The van der Waals surface area contributed by atoms with Crippen molar-refractivity contribution in [3.8, 4) is 5.88 Å². The molecular formula is C15H15ClN2O5. The van der Waals surface area contributed by atoms with Crippen molar-refractivity contribution in [1.29, 1.82) is 0 Å². The zero-order valence-electron chi connectivity index (χ0n) is 12.4. The van der Waals surface area contributed by atoms with Gasteiger partial charge >= 0.3 is 5.97 Å². The highest BCUT2D eigenvalue weighted by Gasteiger charge is 2.10. The third kappa shape index (κ3) is 5.63. The quantitative estimate of drug-likeness (QED) is 0.775. The Labute approximate surface area is 137 Å². The molecule has 8 heteroatoms. The van der Waals surface area contributed by atoms with Crippen LogP contribution in [0.1, 0.15) is 11.3 Å². The molecule has 1 amide bonds. The molecule has 1 N–H and O–H groups in total. The minimum atomic E-state index is -0.682. The number of nitrogens with one attached hydrogen (secondary N) is 1. The molecule has 1 aromatic carbocycles. The number of aromatic nitrogens is 1. The number of aryl methyl sites for hydroxylation is 1. The molecule has 7 nitrogen and oxygen atoms in total. The summed E-state index contributed by atoms with van der Waals surface area (Å²) < 4.78 is 14.6. The molecule has 0 saturated carbocycles. The van der Waals surface area contributed by atoms with Crippen LogP contribution in [0, 0.1) is 6.92 Å². The number of ether oxygens (including phenoxy) is 2. The first-order valence-electron chi connectivity index (χ1n) is 6.76. The van der Waals surface area contributed by atoms with Gasteiger partial charge < -0.3 is 19.3 Å². The molecule has 0 aliphatic heterocycles. The van der Waals surface area contributed by atoms with Crippen LogP contribution in [-0.4, -0.2) is 30.2 Å². The summed E-state index contributed by atoms with van der Waals surface area (Å²) in [5.74, 6) is -0.371. The lowest BCUT2D eigenvalue weighted by molar-refractivity contribution is -0.150. The molecule has 0 atom stereocenters. The Kier molecular flexibility index (Phi) is 5.99. The molecule has 0 saturated heterocycles. The van der Waals surface area contributed by atoms with Gasteiger partial charge in [-0.25, -0.2) is 4.79 Å². The molecule has 0 spiro atoms. The summed E-state index contributed by atoms with van der Waals surface area (Å²) in [6.07, 6.45) is 0. The van der Waals surface area contributed by atoms with E-state index in [1.54, 1.807) is 25.1 Å². The molecule has 0 aliphatic carbocycles. The number of rotatable bonds is 7. The van der Waals surface area contributed by atoms with Crippen molar-refractivity contribution >= 4 is 23.5 Å². The molecule has 0 bridgehead atoms. The van der Waals surface area contributed by atoms with Crippen LogP contribution in [0.25, 0.3) is 0 Å². The van der Waals surface area contributed by atoms with E-state index >= 15 is 0 Å². The van der Waals surface area contributed by atoms with E-state index in [1.807, 2.05) is 6.07 Å². The standard InChI is InChI=1S/C15H15ClN2O5/c1-10-6-14(18-23-10)21-9-15(20)22-8-13(19)17-7-11-4-2-3-5-12(11)16/h2-6H,7-9H2,1H3,(H,17,19). The molecule has 1 aromatic heterocycles. The molecule has 1 heterocycles. The largest absolute Gasteiger partial charge is 0.463 e. The number of benzene rings is 1. The van der Waals surface area contributed by atoms with E-state index < -0.39 is 18.5 Å². The number of halogens is 1. The number of carbonyl (C=O) groups excluding carboxylic acids is 2. The van der Waals surface area contributed by atoms with Gasteiger partial charge in [0.25, 0.3) is 11.8 Å². The van der Waals surface area contributed by atoms with Crippen molar-refractivity contribution in [1.82, 2.24) is 10.5 Å². The van der Waals surface area contributed by atoms with E-state index in [9.17, 15) is 9.59 Å². The predicted molar refractivity (Wildman–Crippen MR) is 81.0 cm³/mol. The summed E-state index contributed by atoms with van der Waals surface area (Å²) in [5, 5.41) is 6.72. The maximum absolute atomic E-state index is 11.6. The Hall–Kier alpha value is -2.54. The molecule has 0 radical (unpaired) electrons. The summed E-state index contributed by atoms with van der Waals surface area (Å²) in [4.78, 5) is 23.1. The lowest BCUT2D eigenvalue weighted by Crippen LogP contribution is -2.29. The Morgan fingerprint density at radius 2 is 2.09 bits per heavy atom. The molecular weight excluding hydrogens is 324 g/mol. The first-order chi connectivity index (χ1) is 11.0. The fourth-order valence-electron chi connectivity index (χ4n) is 1.62. The predicted octanol–water partition coefficient (Wildman–Crippen LogP) is 1.87. The van der Waals surface area contributed by atoms with Crippen LogP contribution in [0.15, 0.2) is 34.9 Å². The third-order valence-corrected chi connectivity index (χ3v) is 3.11. The van der Waals surface area contributed by atoms with Gasteiger partial charge in [-0.3, -0.25) is 4.79 Å². The Bertz CT molecular complexity index is 686. The number of hydrogen-bond acceptors (Lipinski definition) is 6. The molecule has 2 aromatic rings. The Morgan fingerprint density at radius 1 is 1.30 bits per heavy atom. The van der Waals surface area contributed by atoms with E-state index in [0.29, 0.717) is 10.8 Å². The van der Waals surface area contributed by atoms with E-state index in [4.69, 9.17) is 25.6 Å². The normalized spacial score (nSPS) is 10.2. The lowest BCUT2D eigenvalue weighted by Gasteiger charge is -2.07. The minimum absolute atomic E-state index is 0.183. The molecule has 23 heavy (non-hydrogen) atoms. The van der Waals surface area contributed by atoms with Gasteiger partial charge in [-0.05, 0) is 23.7 Å². The maximum Gasteiger partial charge on any atom is 0.344 e. The zero-order valence-corrected chi connectivity index (χ0v) is 13.1. The van der Waals surface area contributed by atoms with Gasteiger partial charge in [0.1, 0.15) is 5.76 Å². The SMILES string of the molecule is Cc1cc(OCC(=O)OCC(=O)NCc2ccccc2Cl)no1. The van der Waals surface area contributed by atoms with Crippen LogP contribution >= 0.6 is 11.6 Å². The molecule has 0 unspecified atom stereocenters. The van der Waals surface area contributed by atoms with Crippen molar-refractivity contribution in [3.63, 3.8) is 0 Å². The molecule has 2 rings (SSSR count). The van der Waals surface area contributed by atoms with Gasteiger partial charge in [-0.15, -0.1) is 0 Å². The Balaban J connectivity index is 1.65. The average molecular weight is 339 g/mol. The number of esters is 1. The van der Waals surface area contributed by atoms with Crippen LogP contribution in [0.2, 0.25) is 5.02 Å². The number of hydrogen-bond donors (Lipinski definition) is 1. The van der Waals surface area contributed by atoms with Gasteiger partial charge in [-0.2, -0.15) is 0 Å².